The second-order valence-corrected chi connectivity index (χ2v) is 8.55. The summed E-state index contributed by atoms with van der Waals surface area (Å²) < 4.78 is 44.5. The molecule has 3 heterocycles. The summed E-state index contributed by atoms with van der Waals surface area (Å²) in [5.74, 6) is 0.297. The van der Waals surface area contributed by atoms with E-state index in [-0.39, 0.29) is 24.6 Å². The first kappa shape index (κ1) is 23.9. The fourth-order valence-corrected chi connectivity index (χ4v) is 4.26. The average Bonchev–Trinajstić information content (AvgIpc) is 3.49. The van der Waals surface area contributed by atoms with Gasteiger partial charge in [-0.25, -0.2) is 0 Å². The molecule has 8 nitrogen and oxygen atoms in total. The van der Waals surface area contributed by atoms with Gasteiger partial charge in [0.15, 0.2) is 0 Å². The van der Waals surface area contributed by atoms with E-state index in [9.17, 15) is 22.8 Å². The van der Waals surface area contributed by atoms with Crippen molar-refractivity contribution in [1.29, 1.82) is 0 Å². The molecule has 1 fully saturated rings. The van der Waals surface area contributed by atoms with E-state index in [1.807, 2.05) is 16.8 Å². The van der Waals surface area contributed by atoms with E-state index < -0.39 is 17.6 Å². The molecule has 0 spiro atoms. The molecule has 1 N–H and O–H groups in total. The fourth-order valence-electron chi connectivity index (χ4n) is 3.62. The van der Waals surface area contributed by atoms with Crippen LogP contribution in [0.1, 0.15) is 17.9 Å². The quantitative estimate of drug-likeness (QED) is 0.542. The second kappa shape index (κ2) is 10.3. The van der Waals surface area contributed by atoms with Gasteiger partial charge in [-0.15, -0.1) is 0 Å². The molecule has 0 saturated carbocycles. The number of hydrogen-bond acceptors (Lipinski definition) is 7. The lowest BCUT2D eigenvalue weighted by Gasteiger charge is -2.34. The van der Waals surface area contributed by atoms with Crippen LogP contribution >= 0.6 is 11.3 Å². The van der Waals surface area contributed by atoms with Crippen LogP contribution in [0, 0.1) is 0 Å². The number of nitrogens with zero attached hydrogens (tertiary/aromatic N) is 4. The van der Waals surface area contributed by atoms with E-state index in [1.165, 1.54) is 29.5 Å². The summed E-state index contributed by atoms with van der Waals surface area (Å²) >= 11 is 1.53. The number of anilines is 1. The van der Waals surface area contributed by atoms with Crippen molar-refractivity contribution in [2.24, 2.45) is 0 Å². The summed E-state index contributed by atoms with van der Waals surface area (Å²) in [6, 6.07) is 6.75. The van der Waals surface area contributed by atoms with Crippen LogP contribution in [0.15, 0.2) is 45.6 Å². The molecule has 1 aromatic carbocycles. The highest BCUT2D eigenvalue weighted by Crippen LogP contribution is 2.34. The molecule has 1 saturated heterocycles. The van der Waals surface area contributed by atoms with Crippen LogP contribution < -0.4 is 5.32 Å². The van der Waals surface area contributed by atoms with Crippen molar-refractivity contribution in [3.05, 3.63) is 52.5 Å². The Hall–Kier alpha value is -3.25. The number of alkyl halides is 3. The van der Waals surface area contributed by atoms with Crippen LogP contribution in [-0.4, -0.2) is 64.5 Å². The molecule has 4 rings (SSSR count). The van der Waals surface area contributed by atoms with E-state index in [0.29, 0.717) is 44.3 Å². The zero-order valence-corrected chi connectivity index (χ0v) is 18.9. The molecule has 0 radical (unpaired) electrons. The highest BCUT2D eigenvalue weighted by Gasteiger charge is 2.33. The first-order valence-corrected chi connectivity index (χ1v) is 11.6. The first-order valence-electron chi connectivity index (χ1n) is 10.6. The lowest BCUT2D eigenvalue weighted by Crippen LogP contribution is -2.50. The van der Waals surface area contributed by atoms with Gasteiger partial charge in [-0.05, 0) is 23.6 Å². The summed E-state index contributed by atoms with van der Waals surface area (Å²) in [6.07, 6.45) is -4.00. The van der Waals surface area contributed by atoms with Crippen molar-refractivity contribution in [3.8, 4) is 11.4 Å². The highest BCUT2D eigenvalue weighted by atomic mass is 32.1. The van der Waals surface area contributed by atoms with Gasteiger partial charge in [0.05, 0.1) is 17.8 Å². The molecular formula is C22H22F3N5O3S. The SMILES string of the molecule is O=C(CN1CCN(C(=O)CCc2nc(-c3ccsc3)no2)CC1)Nc1ccccc1C(F)(F)F. The number of halogens is 3. The number of benzene rings is 1. The molecular weight excluding hydrogens is 471 g/mol. The molecule has 3 aromatic rings. The molecule has 34 heavy (non-hydrogen) atoms. The Labute approximate surface area is 197 Å². The number of hydrogen-bond donors (Lipinski definition) is 1. The number of rotatable bonds is 7. The molecule has 0 bridgehead atoms. The molecule has 1 aliphatic heterocycles. The third-order valence-corrected chi connectivity index (χ3v) is 6.08. The summed E-state index contributed by atoms with van der Waals surface area (Å²) in [5, 5.41) is 10.1. The standard InChI is InChI=1S/C22H22F3N5O3S/c23-22(24,25)16-3-1-2-4-17(16)26-18(31)13-29-8-10-30(11-9-29)20(32)6-5-19-27-21(28-33-19)15-7-12-34-14-15/h1-4,7,12,14H,5-6,8-11,13H2,(H,26,31). The molecule has 1 aliphatic rings. The Morgan fingerprint density at radius 1 is 1.12 bits per heavy atom. The van der Waals surface area contributed by atoms with Crippen molar-refractivity contribution in [2.75, 3.05) is 38.0 Å². The Bertz CT molecular complexity index is 1130. The molecule has 2 amide bonds. The third kappa shape index (κ3) is 6.00. The van der Waals surface area contributed by atoms with Crippen LogP contribution in [-0.2, 0) is 22.2 Å². The van der Waals surface area contributed by atoms with Gasteiger partial charge in [-0.1, -0.05) is 17.3 Å². The van der Waals surface area contributed by atoms with E-state index >= 15 is 0 Å². The maximum atomic E-state index is 13.1. The number of thiophene rings is 1. The summed E-state index contributed by atoms with van der Waals surface area (Å²) in [6.45, 7) is 1.69. The fraction of sp³-hybridized carbons (Fsp3) is 0.364. The van der Waals surface area contributed by atoms with Gasteiger partial charge in [0.2, 0.25) is 23.5 Å². The Morgan fingerprint density at radius 2 is 1.88 bits per heavy atom. The lowest BCUT2D eigenvalue weighted by atomic mass is 10.1. The molecule has 0 aliphatic carbocycles. The third-order valence-electron chi connectivity index (χ3n) is 5.40. The van der Waals surface area contributed by atoms with Crippen molar-refractivity contribution >= 4 is 28.8 Å². The molecule has 180 valence electrons. The van der Waals surface area contributed by atoms with Crippen molar-refractivity contribution in [3.63, 3.8) is 0 Å². The van der Waals surface area contributed by atoms with Gasteiger partial charge >= 0.3 is 6.18 Å². The maximum Gasteiger partial charge on any atom is 0.418 e. The van der Waals surface area contributed by atoms with Gasteiger partial charge in [0, 0.05) is 50.0 Å². The lowest BCUT2D eigenvalue weighted by molar-refractivity contribution is -0.137. The number of nitrogens with one attached hydrogen (secondary N) is 1. The number of para-hydroxylation sites is 1. The Balaban J connectivity index is 1.21. The number of aromatic nitrogens is 2. The van der Waals surface area contributed by atoms with Crippen LogP contribution in [0.25, 0.3) is 11.4 Å². The van der Waals surface area contributed by atoms with E-state index in [4.69, 9.17) is 4.52 Å². The average molecular weight is 494 g/mol. The molecule has 2 aromatic heterocycles. The van der Waals surface area contributed by atoms with Crippen molar-refractivity contribution in [1.82, 2.24) is 19.9 Å². The minimum atomic E-state index is -4.55. The monoisotopic (exact) mass is 493 g/mol. The smallest absolute Gasteiger partial charge is 0.340 e. The summed E-state index contributed by atoms with van der Waals surface area (Å²) in [7, 11) is 0. The second-order valence-electron chi connectivity index (χ2n) is 7.77. The van der Waals surface area contributed by atoms with E-state index in [2.05, 4.69) is 15.5 Å². The topological polar surface area (TPSA) is 91.6 Å². The van der Waals surface area contributed by atoms with Crippen molar-refractivity contribution < 1.29 is 27.3 Å². The Morgan fingerprint density at radius 3 is 2.59 bits per heavy atom. The van der Waals surface area contributed by atoms with E-state index in [0.717, 1.165) is 11.6 Å². The van der Waals surface area contributed by atoms with Crippen molar-refractivity contribution in [2.45, 2.75) is 19.0 Å². The van der Waals surface area contributed by atoms with Gasteiger partial charge in [0.1, 0.15) is 0 Å². The predicted octanol–water partition coefficient (Wildman–Crippen LogP) is 3.53. The highest BCUT2D eigenvalue weighted by molar-refractivity contribution is 7.08. The minimum absolute atomic E-state index is 0.0540. The number of amides is 2. The van der Waals surface area contributed by atoms with Crippen LogP contribution in [0.2, 0.25) is 0 Å². The van der Waals surface area contributed by atoms with Gasteiger partial charge in [-0.2, -0.15) is 29.5 Å². The normalized spacial score (nSPS) is 14.9. The predicted molar refractivity (Wildman–Crippen MR) is 119 cm³/mol. The van der Waals surface area contributed by atoms with Gasteiger partial charge in [0.25, 0.3) is 0 Å². The maximum absolute atomic E-state index is 13.1. The van der Waals surface area contributed by atoms with Gasteiger partial charge in [-0.3, -0.25) is 14.5 Å². The summed E-state index contributed by atoms with van der Waals surface area (Å²) in [4.78, 5) is 32.6. The van der Waals surface area contributed by atoms with Crippen LogP contribution in [0.5, 0.6) is 0 Å². The first-order chi connectivity index (χ1) is 16.3. The minimum Gasteiger partial charge on any atom is -0.340 e. The van der Waals surface area contributed by atoms with Crippen LogP contribution in [0.3, 0.4) is 0 Å². The summed E-state index contributed by atoms with van der Waals surface area (Å²) in [5.41, 5.74) is -0.284. The molecule has 0 atom stereocenters. The van der Waals surface area contributed by atoms with E-state index in [1.54, 1.807) is 9.80 Å². The number of piperazine rings is 1. The Kier molecular flexibility index (Phi) is 7.27. The zero-order valence-electron chi connectivity index (χ0n) is 18.0. The zero-order chi connectivity index (χ0) is 24.1. The largest absolute Gasteiger partial charge is 0.418 e. The molecule has 12 heteroatoms. The van der Waals surface area contributed by atoms with Crippen LogP contribution in [0.4, 0.5) is 18.9 Å². The number of carbonyl (C=O) groups excluding carboxylic acids is 2. The molecule has 0 unspecified atom stereocenters. The number of aryl methyl sites for hydroxylation is 1. The van der Waals surface area contributed by atoms with Gasteiger partial charge < -0.3 is 14.7 Å². The number of carbonyl (C=O) groups is 2.